The molecule has 3 aromatic heterocycles. The Hall–Kier alpha value is -4.44. The van der Waals surface area contributed by atoms with E-state index in [2.05, 4.69) is 25.1 Å². The zero-order valence-corrected chi connectivity index (χ0v) is 23.4. The lowest BCUT2D eigenvalue weighted by Crippen LogP contribution is -2.22. The van der Waals surface area contributed by atoms with E-state index in [9.17, 15) is 4.79 Å². The number of hydrogen-bond donors (Lipinski definition) is 2. The predicted molar refractivity (Wildman–Crippen MR) is 156 cm³/mol. The van der Waals surface area contributed by atoms with Crippen LogP contribution in [0, 0.1) is 12.7 Å². The molecule has 1 amide bonds. The fraction of sp³-hybridized carbons (Fsp3) is 0.200. The second-order valence-corrected chi connectivity index (χ2v) is 11.2. The van der Waals surface area contributed by atoms with Crippen molar-refractivity contribution in [3.8, 4) is 11.5 Å². The average Bonchev–Trinajstić information content (AvgIpc) is 3.39. The summed E-state index contributed by atoms with van der Waals surface area (Å²) in [7, 11) is 0. The first kappa shape index (κ1) is 27.1. The number of aryl methyl sites for hydroxylation is 1. The standard InChI is InChI=1S/C30H29FN6O2S/c1-19-12-20(14-28(38)35-22-16-34-37(18-22)30(2,3)4)13-25(31)29(19)39-27-9-11-33-26-8-7-21(15-24(26)27)36-40-23-6-5-10-32-17-23/h5-13,15-18,36H,14H2,1-4H3,(H,35,38). The summed E-state index contributed by atoms with van der Waals surface area (Å²) in [5, 5.41) is 7.85. The molecule has 0 aliphatic rings. The fourth-order valence-corrected chi connectivity index (χ4v) is 4.71. The summed E-state index contributed by atoms with van der Waals surface area (Å²) in [4.78, 5) is 22.1. The molecular formula is C30H29FN6O2S. The van der Waals surface area contributed by atoms with Gasteiger partial charge in [0.05, 0.1) is 29.4 Å². The predicted octanol–water partition coefficient (Wildman–Crippen LogP) is 7.12. The highest BCUT2D eigenvalue weighted by Crippen LogP contribution is 2.35. The van der Waals surface area contributed by atoms with Crippen molar-refractivity contribution in [1.82, 2.24) is 19.7 Å². The third-order valence-electron chi connectivity index (χ3n) is 6.04. The van der Waals surface area contributed by atoms with Crippen LogP contribution in [0.25, 0.3) is 10.9 Å². The monoisotopic (exact) mass is 556 g/mol. The van der Waals surface area contributed by atoms with Gasteiger partial charge in [0, 0.05) is 40.8 Å². The molecular weight excluding hydrogens is 527 g/mol. The molecule has 2 N–H and O–H groups in total. The van der Waals surface area contributed by atoms with Gasteiger partial charge in [-0.2, -0.15) is 5.10 Å². The maximum Gasteiger partial charge on any atom is 0.228 e. The average molecular weight is 557 g/mol. The Morgan fingerprint density at radius 2 is 1.93 bits per heavy atom. The number of fused-ring (bicyclic) bond motifs is 1. The summed E-state index contributed by atoms with van der Waals surface area (Å²) in [6.07, 6.45) is 8.52. The van der Waals surface area contributed by atoms with E-state index in [4.69, 9.17) is 4.74 Å². The van der Waals surface area contributed by atoms with Gasteiger partial charge in [-0.3, -0.25) is 19.4 Å². The molecule has 0 saturated carbocycles. The Balaban J connectivity index is 1.31. The minimum atomic E-state index is -0.547. The first-order valence-corrected chi connectivity index (χ1v) is 13.5. The van der Waals surface area contributed by atoms with Crippen LogP contribution in [0.2, 0.25) is 0 Å². The van der Waals surface area contributed by atoms with Gasteiger partial charge in [0.1, 0.15) is 5.75 Å². The molecule has 8 nitrogen and oxygen atoms in total. The van der Waals surface area contributed by atoms with Crippen molar-refractivity contribution in [2.24, 2.45) is 0 Å². The first-order valence-electron chi connectivity index (χ1n) is 12.7. The highest BCUT2D eigenvalue weighted by molar-refractivity contribution is 8.00. The highest BCUT2D eigenvalue weighted by Gasteiger charge is 2.17. The van der Waals surface area contributed by atoms with E-state index in [0.717, 1.165) is 21.5 Å². The molecule has 0 aliphatic heterocycles. The van der Waals surface area contributed by atoms with Gasteiger partial charge in [-0.05, 0) is 93.2 Å². The molecule has 10 heteroatoms. The van der Waals surface area contributed by atoms with E-state index in [-0.39, 0.29) is 23.6 Å². The van der Waals surface area contributed by atoms with Crippen LogP contribution in [-0.2, 0) is 16.8 Å². The van der Waals surface area contributed by atoms with Crippen LogP contribution in [-0.4, -0.2) is 25.7 Å². The van der Waals surface area contributed by atoms with Crippen molar-refractivity contribution in [3.05, 3.63) is 96.5 Å². The van der Waals surface area contributed by atoms with Crippen molar-refractivity contribution < 1.29 is 13.9 Å². The Bertz CT molecular complexity index is 1640. The lowest BCUT2D eigenvalue weighted by atomic mass is 10.1. The van der Waals surface area contributed by atoms with E-state index >= 15 is 4.39 Å². The molecule has 0 bridgehead atoms. The summed E-state index contributed by atoms with van der Waals surface area (Å²) < 4.78 is 26.5. The lowest BCUT2D eigenvalue weighted by Gasteiger charge is -2.18. The largest absolute Gasteiger partial charge is 0.453 e. The molecule has 0 radical (unpaired) electrons. The van der Waals surface area contributed by atoms with E-state index in [0.29, 0.717) is 22.6 Å². The number of hydrogen-bond acceptors (Lipinski definition) is 7. The van der Waals surface area contributed by atoms with Gasteiger partial charge in [-0.25, -0.2) is 4.39 Å². The van der Waals surface area contributed by atoms with Gasteiger partial charge in [0.25, 0.3) is 0 Å². The van der Waals surface area contributed by atoms with Crippen LogP contribution in [0.15, 0.2) is 84.4 Å². The molecule has 0 atom stereocenters. The number of amides is 1. The van der Waals surface area contributed by atoms with Crippen LogP contribution in [0.1, 0.15) is 31.9 Å². The molecule has 0 unspecified atom stereocenters. The van der Waals surface area contributed by atoms with Crippen LogP contribution < -0.4 is 14.8 Å². The Labute approximate surface area is 236 Å². The maximum absolute atomic E-state index is 15.3. The molecule has 40 heavy (non-hydrogen) atoms. The van der Waals surface area contributed by atoms with E-state index in [1.807, 2.05) is 51.1 Å². The van der Waals surface area contributed by atoms with E-state index < -0.39 is 5.82 Å². The number of anilines is 2. The highest BCUT2D eigenvalue weighted by atomic mass is 32.2. The number of nitrogens with one attached hydrogen (secondary N) is 2. The Morgan fingerprint density at radius 1 is 1.07 bits per heavy atom. The smallest absolute Gasteiger partial charge is 0.228 e. The van der Waals surface area contributed by atoms with Crippen molar-refractivity contribution in [2.45, 2.75) is 44.6 Å². The Morgan fingerprint density at radius 3 is 2.65 bits per heavy atom. The molecule has 0 saturated heterocycles. The number of carbonyl (C=O) groups excluding carboxylic acids is 1. The second kappa shape index (κ2) is 11.4. The SMILES string of the molecule is Cc1cc(CC(=O)Nc2cnn(C(C)(C)C)c2)cc(F)c1Oc1ccnc2ccc(NSc3cccnc3)cc12. The number of carbonyl (C=O) groups is 1. The van der Waals surface area contributed by atoms with Gasteiger partial charge >= 0.3 is 0 Å². The van der Waals surface area contributed by atoms with Gasteiger partial charge in [-0.1, -0.05) is 6.07 Å². The van der Waals surface area contributed by atoms with Crippen molar-refractivity contribution in [1.29, 1.82) is 0 Å². The fourth-order valence-electron chi connectivity index (χ4n) is 4.09. The van der Waals surface area contributed by atoms with Crippen molar-refractivity contribution >= 4 is 40.1 Å². The normalized spacial score (nSPS) is 11.4. The van der Waals surface area contributed by atoms with Gasteiger partial charge in [-0.15, -0.1) is 0 Å². The molecule has 204 valence electrons. The molecule has 0 fully saturated rings. The van der Waals surface area contributed by atoms with Gasteiger partial charge < -0.3 is 14.8 Å². The summed E-state index contributed by atoms with van der Waals surface area (Å²) in [5.41, 5.74) is 3.07. The van der Waals surface area contributed by atoms with E-state index in [1.165, 1.54) is 18.0 Å². The Kier molecular flexibility index (Phi) is 7.70. The number of rotatable bonds is 8. The van der Waals surface area contributed by atoms with E-state index in [1.54, 1.807) is 54.7 Å². The zero-order chi connectivity index (χ0) is 28.3. The van der Waals surface area contributed by atoms with Crippen LogP contribution >= 0.6 is 11.9 Å². The molecule has 5 rings (SSSR count). The number of benzene rings is 2. The molecule has 0 spiro atoms. The number of nitrogens with zero attached hydrogens (tertiary/aromatic N) is 4. The molecule has 5 aromatic rings. The molecule has 2 aromatic carbocycles. The topological polar surface area (TPSA) is 94.0 Å². The zero-order valence-electron chi connectivity index (χ0n) is 22.6. The van der Waals surface area contributed by atoms with Crippen molar-refractivity contribution in [3.63, 3.8) is 0 Å². The summed E-state index contributed by atoms with van der Waals surface area (Å²) in [5.74, 6) is -0.227. The summed E-state index contributed by atoms with van der Waals surface area (Å²) in [6.45, 7) is 7.82. The lowest BCUT2D eigenvalue weighted by molar-refractivity contribution is -0.115. The molecule has 3 heterocycles. The molecule has 0 aliphatic carbocycles. The van der Waals surface area contributed by atoms with Gasteiger partial charge in [0.2, 0.25) is 5.91 Å². The minimum Gasteiger partial charge on any atom is -0.453 e. The van der Waals surface area contributed by atoms with Crippen LogP contribution in [0.3, 0.4) is 0 Å². The summed E-state index contributed by atoms with van der Waals surface area (Å²) >= 11 is 1.43. The third kappa shape index (κ3) is 6.40. The second-order valence-electron chi connectivity index (χ2n) is 10.3. The number of halogens is 1. The number of pyridine rings is 2. The van der Waals surface area contributed by atoms with Crippen LogP contribution in [0.5, 0.6) is 11.5 Å². The number of ether oxygens (including phenoxy) is 1. The maximum atomic E-state index is 15.3. The van der Waals surface area contributed by atoms with Crippen LogP contribution in [0.4, 0.5) is 15.8 Å². The summed E-state index contributed by atoms with van der Waals surface area (Å²) in [6, 6.07) is 14.3. The number of aromatic nitrogens is 4. The van der Waals surface area contributed by atoms with Crippen molar-refractivity contribution in [2.75, 3.05) is 10.0 Å². The third-order valence-corrected chi connectivity index (χ3v) is 6.86. The minimum absolute atomic E-state index is 0.0144. The first-order chi connectivity index (χ1) is 19.2. The van der Waals surface area contributed by atoms with Gasteiger partial charge in [0.15, 0.2) is 11.6 Å². The quantitative estimate of drug-likeness (QED) is 0.197.